The Morgan fingerprint density at radius 1 is 1.37 bits per heavy atom. The lowest BCUT2D eigenvalue weighted by Gasteiger charge is -2.19. The number of H-pyrrole nitrogens is 1. The number of carbonyl (C=O) groups is 1. The van der Waals surface area contributed by atoms with Crippen LogP contribution in [0.5, 0.6) is 0 Å². The molecule has 1 aromatic heterocycles. The zero-order valence-electron chi connectivity index (χ0n) is 11.4. The molecule has 1 heterocycles. The fourth-order valence-electron chi connectivity index (χ4n) is 1.80. The number of ether oxygens (including phenoxy) is 1. The number of aromatic amines is 1. The molecule has 2 aromatic rings. The third-order valence-electron chi connectivity index (χ3n) is 2.54. The zero-order chi connectivity index (χ0) is 14.0. The SMILES string of the molecule is CC(C)(C)OC(=O)Nc1ccc2[nH]c(CN)cc2c1. The highest BCUT2D eigenvalue weighted by molar-refractivity contribution is 5.90. The van der Waals surface area contributed by atoms with E-state index in [1.54, 1.807) is 0 Å². The maximum Gasteiger partial charge on any atom is 0.412 e. The van der Waals surface area contributed by atoms with Crippen LogP contribution in [0.15, 0.2) is 24.3 Å². The molecule has 102 valence electrons. The average molecular weight is 261 g/mol. The van der Waals surface area contributed by atoms with Gasteiger partial charge < -0.3 is 15.5 Å². The summed E-state index contributed by atoms with van der Waals surface area (Å²) < 4.78 is 5.20. The number of aromatic nitrogens is 1. The summed E-state index contributed by atoms with van der Waals surface area (Å²) in [4.78, 5) is 14.9. The first-order chi connectivity index (χ1) is 8.87. The molecular weight excluding hydrogens is 242 g/mol. The molecule has 2 rings (SSSR count). The van der Waals surface area contributed by atoms with Crippen molar-refractivity contribution in [2.75, 3.05) is 5.32 Å². The highest BCUT2D eigenvalue weighted by Gasteiger charge is 2.16. The van der Waals surface area contributed by atoms with Crippen LogP contribution >= 0.6 is 0 Å². The van der Waals surface area contributed by atoms with E-state index in [2.05, 4.69) is 10.3 Å². The van der Waals surface area contributed by atoms with Crippen molar-refractivity contribution in [3.63, 3.8) is 0 Å². The monoisotopic (exact) mass is 261 g/mol. The number of carbonyl (C=O) groups excluding carboxylic acids is 1. The molecule has 5 nitrogen and oxygen atoms in total. The Morgan fingerprint density at radius 3 is 2.74 bits per heavy atom. The Bertz CT molecular complexity index is 596. The predicted octanol–water partition coefficient (Wildman–Crippen LogP) is 2.97. The number of hydrogen-bond donors (Lipinski definition) is 3. The summed E-state index contributed by atoms with van der Waals surface area (Å²) in [6, 6.07) is 7.58. The lowest BCUT2D eigenvalue weighted by molar-refractivity contribution is 0.0636. The van der Waals surface area contributed by atoms with Crippen LogP contribution in [0.25, 0.3) is 10.9 Å². The molecular formula is C14H19N3O2. The van der Waals surface area contributed by atoms with Crippen molar-refractivity contribution in [1.82, 2.24) is 4.98 Å². The minimum atomic E-state index is -0.505. The molecule has 0 aliphatic heterocycles. The molecule has 5 heteroatoms. The van der Waals surface area contributed by atoms with Crippen LogP contribution in [0.3, 0.4) is 0 Å². The molecule has 1 aromatic carbocycles. The molecule has 0 saturated heterocycles. The Hall–Kier alpha value is -2.01. The van der Waals surface area contributed by atoms with E-state index in [1.807, 2.05) is 45.0 Å². The van der Waals surface area contributed by atoms with E-state index in [0.717, 1.165) is 16.6 Å². The van der Waals surface area contributed by atoms with Crippen LogP contribution < -0.4 is 11.1 Å². The molecule has 0 saturated carbocycles. The number of fused-ring (bicyclic) bond motifs is 1. The molecule has 19 heavy (non-hydrogen) atoms. The van der Waals surface area contributed by atoms with Gasteiger partial charge in [-0.15, -0.1) is 0 Å². The van der Waals surface area contributed by atoms with Crippen molar-refractivity contribution in [3.8, 4) is 0 Å². The van der Waals surface area contributed by atoms with Crippen LogP contribution in [0.2, 0.25) is 0 Å². The Kier molecular flexibility index (Phi) is 3.48. The van der Waals surface area contributed by atoms with Gasteiger partial charge in [0.05, 0.1) is 0 Å². The van der Waals surface area contributed by atoms with Crippen molar-refractivity contribution < 1.29 is 9.53 Å². The van der Waals surface area contributed by atoms with Crippen molar-refractivity contribution >= 4 is 22.7 Å². The summed E-state index contributed by atoms with van der Waals surface area (Å²) in [5.74, 6) is 0. The lowest BCUT2D eigenvalue weighted by Crippen LogP contribution is -2.27. The number of rotatable bonds is 2. The summed E-state index contributed by atoms with van der Waals surface area (Å²) in [5, 5.41) is 3.72. The second-order valence-corrected chi connectivity index (χ2v) is 5.43. The maximum atomic E-state index is 11.7. The van der Waals surface area contributed by atoms with Crippen LogP contribution in [0.1, 0.15) is 26.5 Å². The first-order valence-corrected chi connectivity index (χ1v) is 6.19. The highest BCUT2D eigenvalue weighted by Crippen LogP contribution is 2.20. The van der Waals surface area contributed by atoms with Crippen molar-refractivity contribution in [3.05, 3.63) is 30.0 Å². The fourth-order valence-corrected chi connectivity index (χ4v) is 1.80. The first-order valence-electron chi connectivity index (χ1n) is 6.19. The highest BCUT2D eigenvalue weighted by atomic mass is 16.6. The minimum absolute atomic E-state index is 0.457. The van der Waals surface area contributed by atoms with Gasteiger partial charge >= 0.3 is 6.09 Å². The lowest BCUT2D eigenvalue weighted by atomic mass is 10.2. The standard InChI is InChI=1S/C14H19N3O2/c1-14(2,3)19-13(18)17-10-4-5-12-9(6-10)7-11(8-15)16-12/h4-7,16H,8,15H2,1-3H3,(H,17,18). The van der Waals surface area contributed by atoms with Gasteiger partial charge in [-0.3, -0.25) is 5.32 Å². The molecule has 4 N–H and O–H groups in total. The summed E-state index contributed by atoms with van der Waals surface area (Å²) >= 11 is 0. The summed E-state index contributed by atoms with van der Waals surface area (Å²) in [5.41, 5.74) is 7.73. The smallest absolute Gasteiger partial charge is 0.412 e. The second kappa shape index (κ2) is 4.93. The minimum Gasteiger partial charge on any atom is -0.444 e. The van der Waals surface area contributed by atoms with E-state index in [9.17, 15) is 4.79 Å². The van der Waals surface area contributed by atoms with Crippen LogP contribution in [0.4, 0.5) is 10.5 Å². The zero-order valence-corrected chi connectivity index (χ0v) is 11.4. The van der Waals surface area contributed by atoms with Crippen molar-refractivity contribution in [1.29, 1.82) is 0 Å². The van der Waals surface area contributed by atoms with Gasteiger partial charge in [0.1, 0.15) is 5.60 Å². The van der Waals surface area contributed by atoms with E-state index in [0.29, 0.717) is 12.2 Å². The third kappa shape index (κ3) is 3.48. The van der Waals surface area contributed by atoms with E-state index >= 15 is 0 Å². The van der Waals surface area contributed by atoms with Crippen LogP contribution in [-0.4, -0.2) is 16.7 Å². The maximum absolute atomic E-state index is 11.7. The van der Waals surface area contributed by atoms with Crippen LogP contribution in [-0.2, 0) is 11.3 Å². The number of anilines is 1. The number of nitrogens with two attached hydrogens (primary N) is 1. The van der Waals surface area contributed by atoms with Gasteiger partial charge in [-0.05, 0) is 45.0 Å². The van der Waals surface area contributed by atoms with Gasteiger partial charge in [0.15, 0.2) is 0 Å². The van der Waals surface area contributed by atoms with Crippen molar-refractivity contribution in [2.45, 2.75) is 32.9 Å². The molecule has 0 bridgehead atoms. The molecule has 0 fully saturated rings. The van der Waals surface area contributed by atoms with E-state index < -0.39 is 11.7 Å². The van der Waals surface area contributed by atoms with E-state index in [1.165, 1.54) is 0 Å². The second-order valence-electron chi connectivity index (χ2n) is 5.43. The molecule has 0 aliphatic rings. The van der Waals surface area contributed by atoms with Gasteiger partial charge in [0.25, 0.3) is 0 Å². The van der Waals surface area contributed by atoms with Crippen LogP contribution in [0, 0.1) is 0 Å². The molecule has 0 atom stereocenters. The molecule has 0 radical (unpaired) electrons. The summed E-state index contributed by atoms with van der Waals surface area (Å²) in [6.45, 7) is 5.95. The Balaban J connectivity index is 2.15. The van der Waals surface area contributed by atoms with Crippen molar-refractivity contribution in [2.24, 2.45) is 5.73 Å². The Morgan fingerprint density at radius 2 is 2.11 bits per heavy atom. The summed E-state index contributed by atoms with van der Waals surface area (Å²) in [6.07, 6.45) is -0.457. The quantitative estimate of drug-likeness (QED) is 0.777. The number of nitrogens with one attached hydrogen (secondary N) is 2. The molecule has 0 aliphatic carbocycles. The van der Waals surface area contributed by atoms with E-state index in [-0.39, 0.29) is 0 Å². The third-order valence-corrected chi connectivity index (χ3v) is 2.54. The molecule has 0 spiro atoms. The predicted molar refractivity (Wildman–Crippen MR) is 76.0 cm³/mol. The van der Waals surface area contributed by atoms with Gasteiger partial charge in [0, 0.05) is 28.8 Å². The average Bonchev–Trinajstić information content (AvgIpc) is 2.68. The topological polar surface area (TPSA) is 80.1 Å². The van der Waals surface area contributed by atoms with Gasteiger partial charge in [0.2, 0.25) is 0 Å². The summed E-state index contributed by atoms with van der Waals surface area (Å²) in [7, 11) is 0. The van der Waals surface area contributed by atoms with Gasteiger partial charge in [-0.1, -0.05) is 0 Å². The number of benzene rings is 1. The van der Waals surface area contributed by atoms with E-state index in [4.69, 9.17) is 10.5 Å². The number of amides is 1. The molecule has 1 amide bonds. The van der Waals surface area contributed by atoms with Gasteiger partial charge in [-0.2, -0.15) is 0 Å². The molecule has 0 unspecified atom stereocenters. The van der Waals surface area contributed by atoms with Gasteiger partial charge in [-0.25, -0.2) is 4.79 Å². The first kappa shape index (κ1) is 13.4. The fraction of sp³-hybridized carbons (Fsp3) is 0.357. The Labute approximate surface area is 112 Å². The normalized spacial score (nSPS) is 11.6. The largest absolute Gasteiger partial charge is 0.444 e. The number of hydrogen-bond acceptors (Lipinski definition) is 3.